The van der Waals surface area contributed by atoms with Crippen LogP contribution in [0.5, 0.6) is 0 Å². The number of hydrogen-bond acceptors (Lipinski definition) is 5. The van der Waals surface area contributed by atoms with Gasteiger partial charge < -0.3 is 25.2 Å². The molecule has 4 rings (SSSR count). The van der Waals surface area contributed by atoms with E-state index in [0.717, 1.165) is 18.8 Å². The minimum atomic E-state index is -0.452. The van der Waals surface area contributed by atoms with Crippen LogP contribution < -0.4 is 15.5 Å². The molecule has 33 heavy (non-hydrogen) atoms. The van der Waals surface area contributed by atoms with Gasteiger partial charge in [-0.2, -0.15) is 0 Å². The predicted octanol–water partition coefficient (Wildman–Crippen LogP) is 3.71. The molecule has 2 heterocycles. The molecule has 8 nitrogen and oxygen atoms in total. The molecule has 1 atom stereocenters. The van der Waals surface area contributed by atoms with Crippen molar-refractivity contribution < 1.29 is 19.1 Å². The molecule has 174 valence electrons. The summed E-state index contributed by atoms with van der Waals surface area (Å²) < 4.78 is 5.25. The van der Waals surface area contributed by atoms with Gasteiger partial charge in [-0.1, -0.05) is 18.2 Å². The SMILES string of the molecule is O=C(COC(=O)C1CCCN(C(=O)Nc2ccccc2)C1)Nc1ccc(N2CCCC2)cc1. The first-order chi connectivity index (χ1) is 16.1. The molecule has 0 aromatic heterocycles. The number of ether oxygens (including phenoxy) is 1. The molecule has 2 aromatic rings. The van der Waals surface area contributed by atoms with Crippen LogP contribution in [0.25, 0.3) is 0 Å². The molecular weight excluding hydrogens is 420 g/mol. The van der Waals surface area contributed by atoms with Crippen molar-refractivity contribution in [3.63, 3.8) is 0 Å². The van der Waals surface area contributed by atoms with E-state index in [1.165, 1.54) is 12.8 Å². The number of piperidine rings is 1. The van der Waals surface area contributed by atoms with E-state index in [0.29, 0.717) is 30.8 Å². The average molecular weight is 451 g/mol. The van der Waals surface area contributed by atoms with Crippen molar-refractivity contribution in [3.05, 3.63) is 54.6 Å². The van der Waals surface area contributed by atoms with Gasteiger partial charge in [-0.25, -0.2) is 4.79 Å². The van der Waals surface area contributed by atoms with E-state index in [9.17, 15) is 14.4 Å². The van der Waals surface area contributed by atoms with Gasteiger partial charge in [0.05, 0.1) is 5.92 Å². The maximum absolute atomic E-state index is 12.5. The van der Waals surface area contributed by atoms with Gasteiger partial charge in [0.25, 0.3) is 5.91 Å². The molecule has 2 aliphatic rings. The smallest absolute Gasteiger partial charge is 0.321 e. The van der Waals surface area contributed by atoms with Gasteiger partial charge in [0.15, 0.2) is 6.61 Å². The van der Waals surface area contributed by atoms with Crippen LogP contribution in [0.3, 0.4) is 0 Å². The topological polar surface area (TPSA) is 91.0 Å². The van der Waals surface area contributed by atoms with Crippen LogP contribution in [0.4, 0.5) is 21.9 Å². The van der Waals surface area contributed by atoms with Crippen LogP contribution in [0.15, 0.2) is 54.6 Å². The number of benzene rings is 2. The number of carbonyl (C=O) groups is 3. The van der Waals surface area contributed by atoms with Crippen molar-refractivity contribution in [1.29, 1.82) is 0 Å². The van der Waals surface area contributed by atoms with E-state index in [1.807, 2.05) is 54.6 Å². The summed E-state index contributed by atoms with van der Waals surface area (Å²) in [5.41, 5.74) is 2.52. The molecule has 0 spiro atoms. The van der Waals surface area contributed by atoms with Crippen LogP contribution in [0, 0.1) is 5.92 Å². The first-order valence-corrected chi connectivity index (χ1v) is 11.5. The number of hydrogen-bond donors (Lipinski definition) is 2. The minimum Gasteiger partial charge on any atom is -0.455 e. The van der Waals surface area contributed by atoms with E-state index in [1.54, 1.807) is 4.90 Å². The fourth-order valence-corrected chi connectivity index (χ4v) is 4.26. The van der Waals surface area contributed by atoms with Crippen molar-refractivity contribution in [3.8, 4) is 0 Å². The van der Waals surface area contributed by atoms with Crippen molar-refractivity contribution in [2.45, 2.75) is 25.7 Å². The summed E-state index contributed by atoms with van der Waals surface area (Å²) in [7, 11) is 0. The number of likely N-dealkylation sites (tertiary alicyclic amines) is 1. The Balaban J connectivity index is 1.21. The maximum Gasteiger partial charge on any atom is 0.321 e. The third-order valence-electron chi connectivity index (χ3n) is 6.03. The van der Waals surface area contributed by atoms with Gasteiger partial charge >= 0.3 is 12.0 Å². The molecule has 0 saturated carbocycles. The van der Waals surface area contributed by atoms with Gasteiger partial charge in [-0.15, -0.1) is 0 Å². The lowest BCUT2D eigenvalue weighted by Gasteiger charge is -2.31. The molecule has 0 bridgehead atoms. The fraction of sp³-hybridized carbons (Fsp3) is 0.400. The van der Waals surface area contributed by atoms with Crippen LogP contribution in [-0.4, -0.2) is 55.6 Å². The molecule has 2 saturated heterocycles. The van der Waals surface area contributed by atoms with E-state index >= 15 is 0 Å². The molecule has 0 aliphatic carbocycles. The summed E-state index contributed by atoms with van der Waals surface area (Å²) in [6, 6.07) is 16.6. The van der Waals surface area contributed by atoms with Crippen LogP contribution in [-0.2, 0) is 14.3 Å². The van der Waals surface area contributed by atoms with Crippen LogP contribution >= 0.6 is 0 Å². The highest BCUT2D eigenvalue weighted by Gasteiger charge is 2.30. The molecule has 1 unspecified atom stereocenters. The molecule has 2 aromatic carbocycles. The summed E-state index contributed by atoms with van der Waals surface area (Å²) in [6.07, 6.45) is 3.76. The Labute approximate surface area is 193 Å². The number of esters is 1. The molecule has 8 heteroatoms. The first kappa shape index (κ1) is 22.6. The van der Waals surface area contributed by atoms with Gasteiger partial charge in [-0.3, -0.25) is 9.59 Å². The van der Waals surface area contributed by atoms with Crippen LogP contribution in [0.2, 0.25) is 0 Å². The standard InChI is InChI=1S/C25H30N4O4/c30-23(26-21-10-12-22(13-11-21)28-14-4-5-15-28)18-33-24(31)19-7-6-16-29(17-19)25(32)27-20-8-2-1-3-9-20/h1-3,8-13,19H,4-7,14-18H2,(H,26,30)(H,27,32). The zero-order chi connectivity index (χ0) is 23.0. The van der Waals surface area contributed by atoms with Crippen molar-refractivity contribution >= 4 is 35.0 Å². The quantitative estimate of drug-likeness (QED) is 0.655. The highest BCUT2D eigenvalue weighted by Crippen LogP contribution is 2.22. The summed E-state index contributed by atoms with van der Waals surface area (Å²) in [6.45, 7) is 2.63. The second kappa shape index (κ2) is 10.8. The van der Waals surface area contributed by atoms with E-state index in [4.69, 9.17) is 4.74 Å². The number of amides is 3. The third-order valence-corrected chi connectivity index (χ3v) is 6.03. The monoisotopic (exact) mass is 450 g/mol. The Morgan fingerprint density at radius 1 is 0.848 bits per heavy atom. The predicted molar refractivity (Wildman–Crippen MR) is 127 cm³/mol. The Morgan fingerprint density at radius 3 is 2.27 bits per heavy atom. The van der Waals surface area contributed by atoms with Crippen molar-refractivity contribution in [2.75, 3.05) is 48.3 Å². The Morgan fingerprint density at radius 2 is 1.55 bits per heavy atom. The Bertz CT molecular complexity index is 958. The number of nitrogens with zero attached hydrogens (tertiary/aromatic N) is 2. The second-order valence-electron chi connectivity index (χ2n) is 8.48. The zero-order valence-electron chi connectivity index (χ0n) is 18.7. The van der Waals surface area contributed by atoms with E-state index in [2.05, 4.69) is 15.5 Å². The number of anilines is 3. The Hall–Kier alpha value is -3.55. The van der Waals surface area contributed by atoms with Gasteiger partial charge in [0.1, 0.15) is 0 Å². The number of rotatable bonds is 6. The maximum atomic E-state index is 12.5. The van der Waals surface area contributed by atoms with Crippen LogP contribution in [0.1, 0.15) is 25.7 Å². The lowest BCUT2D eigenvalue weighted by atomic mass is 9.98. The number of nitrogens with one attached hydrogen (secondary N) is 2. The van der Waals surface area contributed by atoms with Crippen molar-refractivity contribution in [2.24, 2.45) is 5.92 Å². The summed E-state index contributed by atoms with van der Waals surface area (Å²) in [5, 5.41) is 5.60. The normalized spacial score (nSPS) is 18.0. The molecule has 3 amide bonds. The highest BCUT2D eigenvalue weighted by molar-refractivity contribution is 5.93. The van der Waals surface area contributed by atoms with E-state index < -0.39 is 11.9 Å². The molecule has 0 radical (unpaired) electrons. The number of carbonyl (C=O) groups excluding carboxylic acids is 3. The fourth-order valence-electron chi connectivity index (χ4n) is 4.26. The first-order valence-electron chi connectivity index (χ1n) is 11.5. The second-order valence-corrected chi connectivity index (χ2v) is 8.48. The molecule has 2 fully saturated rings. The average Bonchev–Trinajstić information content (AvgIpc) is 3.39. The number of urea groups is 1. The Kier molecular flexibility index (Phi) is 7.44. The lowest BCUT2D eigenvalue weighted by Crippen LogP contribution is -2.45. The van der Waals surface area contributed by atoms with Gasteiger partial charge in [-0.05, 0) is 62.1 Å². The zero-order valence-corrected chi connectivity index (χ0v) is 18.7. The van der Waals surface area contributed by atoms with Gasteiger partial charge in [0, 0.05) is 43.2 Å². The van der Waals surface area contributed by atoms with Crippen molar-refractivity contribution in [1.82, 2.24) is 4.90 Å². The number of para-hydroxylation sites is 1. The summed E-state index contributed by atoms with van der Waals surface area (Å²) in [4.78, 5) is 41.2. The minimum absolute atomic E-state index is 0.242. The summed E-state index contributed by atoms with van der Waals surface area (Å²) in [5.74, 6) is -1.27. The third kappa shape index (κ3) is 6.25. The van der Waals surface area contributed by atoms with E-state index in [-0.39, 0.29) is 25.1 Å². The highest BCUT2D eigenvalue weighted by atomic mass is 16.5. The molecular formula is C25H30N4O4. The largest absolute Gasteiger partial charge is 0.455 e. The summed E-state index contributed by atoms with van der Waals surface area (Å²) >= 11 is 0. The molecule has 2 aliphatic heterocycles. The molecule has 2 N–H and O–H groups in total. The lowest BCUT2D eigenvalue weighted by molar-refractivity contribution is -0.152. The van der Waals surface area contributed by atoms with Gasteiger partial charge in [0.2, 0.25) is 0 Å².